The van der Waals surface area contributed by atoms with E-state index >= 15 is 0 Å². The van der Waals surface area contributed by atoms with Gasteiger partial charge < -0.3 is 10.1 Å². The lowest BCUT2D eigenvalue weighted by Crippen LogP contribution is -2.12. The number of fused-ring (bicyclic) bond motifs is 1. The number of hydrogen-bond acceptors (Lipinski definition) is 8. The average Bonchev–Trinajstić information content (AvgIpc) is 3.50. The van der Waals surface area contributed by atoms with Gasteiger partial charge >= 0.3 is 0 Å². The van der Waals surface area contributed by atoms with Gasteiger partial charge in [0.05, 0.1) is 39.6 Å². The van der Waals surface area contributed by atoms with Crippen molar-refractivity contribution < 1.29 is 14.5 Å². The van der Waals surface area contributed by atoms with E-state index in [1.807, 2.05) is 23.6 Å². The normalized spacial score (nSPS) is 10.8. The van der Waals surface area contributed by atoms with Gasteiger partial charge in [-0.25, -0.2) is 9.50 Å². The highest BCUT2D eigenvalue weighted by Crippen LogP contribution is 2.30. The summed E-state index contributed by atoms with van der Waals surface area (Å²) < 4.78 is 7.25. The summed E-state index contributed by atoms with van der Waals surface area (Å²) in [5, 5.41) is 20.3. The largest absolute Gasteiger partial charge is 0.455 e. The highest BCUT2D eigenvalue weighted by molar-refractivity contribution is 7.13. The van der Waals surface area contributed by atoms with E-state index in [9.17, 15) is 14.9 Å². The highest BCUT2D eigenvalue weighted by Gasteiger charge is 2.19. The van der Waals surface area contributed by atoms with E-state index in [4.69, 9.17) is 4.74 Å². The molecule has 0 aliphatic heterocycles. The molecule has 4 aromatic heterocycles. The Kier molecular flexibility index (Phi) is 5.21. The van der Waals surface area contributed by atoms with E-state index in [1.54, 1.807) is 40.4 Å². The smallest absolute Gasteiger partial charge is 0.275 e. The number of pyridine rings is 1. The van der Waals surface area contributed by atoms with Crippen molar-refractivity contribution in [2.75, 3.05) is 5.32 Å². The number of nitro groups is 1. The Labute approximate surface area is 190 Å². The lowest BCUT2D eigenvalue weighted by Gasteiger charge is -2.09. The maximum absolute atomic E-state index is 13.0. The van der Waals surface area contributed by atoms with Crippen LogP contribution in [0.4, 0.5) is 11.4 Å². The number of rotatable bonds is 6. The molecule has 1 N–H and O–H groups in total. The van der Waals surface area contributed by atoms with Crippen molar-refractivity contribution in [3.05, 3.63) is 94.4 Å². The van der Waals surface area contributed by atoms with Crippen LogP contribution in [0.1, 0.15) is 10.4 Å². The van der Waals surface area contributed by atoms with E-state index in [0.717, 1.165) is 10.6 Å². The summed E-state index contributed by atoms with van der Waals surface area (Å²) in [6.07, 6.45) is 6.09. The van der Waals surface area contributed by atoms with Gasteiger partial charge in [-0.15, -0.1) is 11.3 Å². The monoisotopic (exact) mass is 458 g/mol. The molecule has 10 nitrogen and oxygen atoms in total. The molecule has 0 fully saturated rings. The van der Waals surface area contributed by atoms with Crippen LogP contribution in [0.2, 0.25) is 0 Å². The Morgan fingerprint density at radius 2 is 2.00 bits per heavy atom. The minimum atomic E-state index is -0.560. The number of hydrogen-bond donors (Lipinski definition) is 1. The van der Waals surface area contributed by atoms with Crippen LogP contribution in [0.3, 0.4) is 0 Å². The molecule has 0 saturated carbocycles. The van der Waals surface area contributed by atoms with Crippen LogP contribution in [-0.4, -0.2) is 30.4 Å². The molecule has 162 valence electrons. The fourth-order valence-corrected chi connectivity index (χ4v) is 3.96. The molecule has 0 aliphatic rings. The molecule has 33 heavy (non-hydrogen) atoms. The number of nitrogens with one attached hydrogen (secondary N) is 1. The fraction of sp³-hybridized carbons (Fsp3) is 0. The molecule has 0 atom stereocenters. The molecule has 5 aromatic rings. The van der Waals surface area contributed by atoms with Crippen molar-refractivity contribution in [2.45, 2.75) is 0 Å². The molecule has 1 aromatic carbocycles. The number of non-ortho nitro benzene ring substituents is 1. The van der Waals surface area contributed by atoms with Gasteiger partial charge in [0.2, 0.25) is 0 Å². The second-order valence-electron chi connectivity index (χ2n) is 6.82. The lowest BCUT2D eigenvalue weighted by atomic mass is 10.2. The molecule has 0 radical (unpaired) electrons. The molecule has 0 unspecified atom stereocenters. The summed E-state index contributed by atoms with van der Waals surface area (Å²) in [7, 11) is 0. The lowest BCUT2D eigenvalue weighted by molar-refractivity contribution is -0.384. The Morgan fingerprint density at radius 1 is 1.09 bits per heavy atom. The first-order valence-electron chi connectivity index (χ1n) is 9.64. The second-order valence-corrected chi connectivity index (χ2v) is 7.77. The third-order valence-electron chi connectivity index (χ3n) is 4.65. The van der Waals surface area contributed by atoms with E-state index < -0.39 is 10.8 Å². The van der Waals surface area contributed by atoms with E-state index in [2.05, 4.69) is 20.4 Å². The predicted molar refractivity (Wildman–Crippen MR) is 122 cm³/mol. The summed E-state index contributed by atoms with van der Waals surface area (Å²) in [6, 6.07) is 13.1. The quantitative estimate of drug-likeness (QED) is 0.286. The zero-order chi connectivity index (χ0) is 22.8. The zero-order valence-electron chi connectivity index (χ0n) is 16.8. The molecular weight excluding hydrogens is 444 g/mol. The molecule has 0 bridgehead atoms. The van der Waals surface area contributed by atoms with Crippen molar-refractivity contribution in [2.24, 2.45) is 0 Å². The highest BCUT2D eigenvalue weighted by atomic mass is 32.1. The molecule has 0 spiro atoms. The first-order chi connectivity index (χ1) is 16.1. The number of carbonyl (C=O) groups excluding carboxylic acids is 1. The molecule has 0 aliphatic carbocycles. The topological polar surface area (TPSA) is 125 Å². The molecule has 1 amide bonds. The number of anilines is 1. The minimum Gasteiger partial charge on any atom is -0.455 e. The van der Waals surface area contributed by atoms with Crippen molar-refractivity contribution >= 4 is 34.3 Å². The standard InChI is InChI=1S/C22H14N6O4S/c29-22(18-13-25-27-19(5-7-24-21(18)27)20-4-2-8-33-20)26-14-9-15(28(30)31)11-17(10-14)32-16-3-1-6-23-12-16/h1-13H,(H,26,29). The Balaban J connectivity index is 1.47. The number of nitrogens with zero attached hydrogens (tertiary/aromatic N) is 5. The van der Waals surface area contributed by atoms with Gasteiger partial charge in [0, 0.05) is 24.5 Å². The van der Waals surface area contributed by atoms with E-state index in [0.29, 0.717) is 11.4 Å². The second kappa shape index (κ2) is 8.48. The van der Waals surface area contributed by atoms with Crippen molar-refractivity contribution in [3.63, 3.8) is 0 Å². The first-order valence-corrected chi connectivity index (χ1v) is 10.5. The Morgan fingerprint density at radius 3 is 2.76 bits per heavy atom. The Bertz CT molecular complexity index is 1470. The number of benzene rings is 1. The average molecular weight is 458 g/mol. The molecule has 5 rings (SSSR count). The van der Waals surface area contributed by atoms with Crippen molar-refractivity contribution in [1.29, 1.82) is 0 Å². The summed E-state index contributed by atoms with van der Waals surface area (Å²) in [5.41, 5.74) is 1.37. The van der Waals surface area contributed by atoms with Gasteiger partial charge in [-0.3, -0.25) is 19.9 Å². The summed E-state index contributed by atoms with van der Waals surface area (Å²) in [4.78, 5) is 33.1. The van der Waals surface area contributed by atoms with Gasteiger partial charge in [0.15, 0.2) is 5.65 Å². The van der Waals surface area contributed by atoms with Crippen LogP contribution in [0, 0.1) is 10.1 Å². The summed E-state index contributed by atoms with van der Waals surface area (Å²) >= 11 is 1.55. The van der Waals surface area contributed by atoms with Crippen LogP contribution in [0.15, 0.2) is 78.7 Å². The third-order valence-corrected chi connectivity index (χ3v) is 5.54. The number of aromatic nitrogens is 4. The van der Waals surface area contributed by atoms with Crippen LogP contribution in [0.25, 0.3) is 16.2 Å². The number of carbonyl (C=O) groups is 1. The van der Waals surface area contributed by atoms with Gasteiger partial charge in [-0.05, 0) is 29.6 Å². The molecule has 0 saturated heterocycles. The van der Waals surface area contributed by atoms with Gasteiger partial charge in [-0.2, -0.15) is 5.10 Å². The minimum absolute atomic E-state index is 0.186. The van der Waals surface area contributed by atoms with Crippen molar-refractivity contribution in [3.8, 4) is 22.1 Å². The van der Waals surface area contributed by atoms with Crippen LogP contribution in [-0.2, 0) is 0 Å². The van der Waals surface area contributed by atoms with Crippen LogP contribution >= 0.6 is 11.3 Å². The van der Waals surface area contributed by atoms with Crippen LogP contribution < -0.4 is 10.1 Å². The number of amides is 1. The third kappa shape index (κ3) is 4.12. The van der Waals surface area contributed by atoms with Crippen LogP contribution in [0.5, 0.6) is 11.5 Å². The number of nitro benzene ring substituents is 1. The Hall–Kier alpha value is -4.64. The number of ether oxygens (including phenoxy) is 1. The maximum atomic E-state index is 13.0. The molecular formula is C22H14N6O4S. The summed E-state index contributed by atoms with van der Waals surface area (Å²) in [5.74, 6) is 0.0855. The van der Waals surface area contributed by atoms with Gasteiger partial charge in [0.25, 0.3) is 11.6 Å². The SMILES string of the molecule is O=C(Nc1cc(Oc2cccnc2)cc([N+](=O)[O-])c1)c1cnn2c(-c3cccs3)ccnc12. The first kappa shape index (κ1) is 20.3. The molecule has 11 heteroatoms. The predicted octanol–water partition coefficient (Wildman–Crippen LogP) is 4.81. The van der Waals surface area contributed by atoms with Gasteiger partial charge in [-0.1, -0.05) is 6.07 Å². The zero-order valence-corrected chi connectivity index (χ0v) is 17.6. The number of thiophene rings is 1. The van der Waals surface area contributed by atoms with E-state index in [1.165, 1.54) is 30.6 Å². The van der Waals surface area contributed by atoms with E-state index in [-0.39, 0.29) is 22.7 Å². The maximum Gasteiger partial charge on any atom is 0.275 e. The summed E-state index contributed by atoms with van der Waals surface area (Å²) in [6.45, 7) is 0. The fourth-order valence-electron chi connectivity index (χ4n) is 3.22. The van der Waals surface area contributed by atoms with Crippen molar-refractivity contribution in [1.82, 2.24) is 19.6 Å². The molecule has 4 heterocycles. The van der Waals surface area contributed by atoms with Gasteiger partial charge in [0.1, 0.15) is 17.1 Å².